The molecule has 1 N–H and O–H groups in total. The largest absolute Gasteiger partial charge is 0.481 e. The third-order valence-electron chi connectivity index (χ3n) is 2.67. The van der Waals surface area contributed by atoms with E-state index in [2.05, 4.69) is 27.9 Å². The minimum atomic E-state index is -0.829. The summed E-state index contributed by atoms with van der Waals surface area (Å²) in [5, 5.41) is 2.36. The van der Waals surface area contributed by atoms with E-state index < -0.39 is 23.6 Å². The number of hydrogen-bond acceptors (Lipinski definition) is 2. The molecule has 2 aromatic rings. The van der Waals surface area contributed by atoms with Crippen LogP contribution in [0.1, 0.15) is 6.92 Å². The highest BCUT2D eigenvalue weighted by molar-refractivity contribution is 14.1. The minimum absolute atomic E-state index is 0.0838. The average molecular weight is 403 g/mol. The first-order valence-corrected chi connectivity index (χ1v) is 7.22. The zero-order valence-electron chi connectivity index (χ0n) is 11.1. The lowest BCUT2D eigenvalue weighted by molar-refractivity contribution is -0.122. The molecule has 2 rings (SSSR count). The van der Waals surface area contributed by atoms with Crippen LogP contribution in [-0.2, 0) is 4.79 Å². The number of benzene rings is 2. The maximum atomic E-state index is 13.5. The van der Waals surface area contributed by atoms with Crippen molar-refractivity contribution in [2.45, 2.75) is 13.0 Å². The Bertz CT molecular complexity index is 664. The summed E-state index contributed by atoms with van der Waals surface area (Å²) in [6.07, 6.45) is -0.812. The number of carbonyl (C=O) groups excluding carboxylic acids is 1. The molecule has 0 aliphatic heterocycles. The van der Waals surface area contributed by atoms with Gasteiger partial charge in [-0.3, -0.25) is 4.79 Å². The van der Waals surface area contributed by atoms with Gasteiger partial charge in [0.2, 0.25) is 0 Å². The molecule has 1 atom stereocenters. The van der Waals surface area contributed by atoms with Crippen LogP contribution in [0.4, 0.5) is 14.5 Å². The average Bonchev–Trinajstić information content (AvgIpc) is 2.41. The summed E-state index contributed by atoms with van der Waals surface area (Å²) in [6.45, 7) is 1.55. The molecule has 110 valence electrons. The fourth-order valence-electron chi connectivity index (χ4n) is 1.62. The molecule has 0 aliphatic carbocycles. The van der Waals surface area contributed by atoms with Crippen molar-refractivity contribution in [1.29, 1.82) is 0 Å². The summed E-state index contributed by atoms with van der Waals surface area (Å²) in [7, 11) is 0. The second-order valence-electron chi connectivity index (χ2n) is 4.33. The first-order valence-electron chi connectivity index (χ1n) is 6.14. The van der Waals surface area contributed by atoms with Crippen LogP contribution in [0.5, 0.6) is 5.75 Å². The Morgan fingerprint density at radius 2 is 2.00 bits per heavy atom. The Morgan fingerprint density at radius 3 is 2.67 bits per heavy atom. The first kappa shape index (κ1) is 15.7. The highest BCUT2D eigenvalue weighted by Gasteiger charge is 2.16. The monoisotopic (exact) mass is 403 g/mol. The lowest BCUT2D eigenvalue weighted by Crippen LogP contribution is -2.30. The fourth-order valence-corrected chi connectivity index (χ4v) is 2.14. The fraction of sp³-hybridized carbons (Fsp3) is 0.133. The van der Waals surface area contributed by atoms with E-state index in [-0.39, 0.29) is 5.69 Å². The van der Waals surface area contributed by atoms with Crippen LogP contribution in [-0.4, -0.2) is 12.0 Å². The summed E-state index contributed by atoms with van der Waals surface area (Å²) in [5.74, 6) is -1.50. The molecule has 1 amide bonds. The smallest absolute Gasteiger partial charge is 0.265 e. The predicted octanol–water partition coefficient (Wildman–Crippen LogP) is 3.98. The Morgan fingerprint density at radius 1 is 1.24 bits per heavy atom. The van der Waals surface area contributed by atoms with Gasteiger partial charge in [-0.1, -0.05) is 6.07 Å². The van der Waals surface area contributed by atoms with Crippen LogP contribution < -0.4 is 10.1 Å². The van der Waals surface area contributed by atoms with Gasteiger partial charge in [0.25, 0.3) is 5.91 Å². The van der Waals surface area contributed by atoms with E-state index in [1.54, 1.807) is 25.1 Å². The van der Waals surface area contributed by atoms with Crippen LogP contribution >= 0.6 is 22.6 Å². The van der Waals surface area contributed by atoms with Gasteiger partial charge < -0.3 is 10.1 Å². The Hall–Kier alpha value is -1.70. The van der Waals surface area contributed by atoms with E-state index in [1.807, 2.05) is 6.07 Å². The quantitative estimate of drug-likeness (QED) is 0.785. The summed E-state index contributed by atoms with van der Waals surface area (Å²) in [4.78, 5) is 11.9. The van der Waals surface area contributed by atoms with E-state index in [9.17, 15) is 13.6 Å². The minimum Gasteiger partial charge on any atom is -0.481 e. The van der Waals surface area contributed by atoms with Crippen LogP contribution in [0.25, 0.3) is 0 Å². The van der Waals surface area contributed by atoms with Crippen LogP contribution in [0.3, 0.4) is 0 Å². The van der Waals surface area contributed by atoms with Crippen molar-refractivity contribution in [3.05, 3.63) is 57.7 Å². The molecule has 0 aliphatic rings. The highest BCUT2D eigenvalue weighted by Crippen LogP contribution is 2.18. The van der Waals surface area contributed by atoms with E-state index in [0.29, 0.717) is 11.8 Å². The normalized spacial score (nSPS) is 11.8. The third-order valence-corrected chi connectivity index (χ3v) is 3.34. The molecule has 3 nitrogen and oxygen atoms in total. The molecule has 1 unspecified atom stereocenters. The van der Waals surface area contributed by atoms with Gasteiger partial charge in [0.1, 0.15) is 17.4 Å². The van der Waals surface area contributed by atoms with Crippen molar-refractivity contribution in [3.8, 4) is 5.75 Å². The molecule has 21 heavy (non-hydrogen) atoms. The summed E-state index contributed by atoms with van der Waals surface area (Å²) < 4.78 is 32.7. The molecule has 0 saturated carbocycles. The predicted molar refractivity (Wildman–Crippen MR) is 84.2 cm³/mol. The van der Waals surface area contributed by atoms with E-state index in [0.717, 1.165) is 9.64 Å². The van der Waals surface area contributed by atoms with Gasteiger partial charge >= 0.3 is 0 Å². The zero-order chi connectivity index (χ0) is 15.4. The topological polar surface area (TPSA) is 38.3 Å². The number of anilines is 1. The van der Waals surface area contributed by atoms with Crippen molar-refractivity contribution < 1.29 is 18.3 Å². The standard InChI is InChI=1S/C15H12F2INO2/c1-9(21-12-4-2-3-11(18)8-12)15(20)19-14-6-5-10(16)7-13(14)17/h2-9H,1H3,(H,19,20). The highest BCUT2D eigenvalue weighted by atomic mass is 127. The molecular formula is C15H12F2INO2. The summed E-state index contributed by atoms with van der Waals surface area (Å²) >= 11 is 2.13. The number of carbonyl (C=O) groups is 1. The molecule has 0 fully saturated rings. The van der Waals surface area contributed by atoms with E-state index >= 15 is 0 Å². The van der Waals surface area contributed by atoms with Gasteiger partial charge in [0.15, 0.2) is 6.10 Å². The first-order chi connectivity index (χ1) is 9.95. The van der Waals surface area contributed by atoms with Gasteiger partial charge in [0, 0.05) is 9.64 Å². The second-order valence-corrected chi connectivity index (χ2v) is 5.58. The maximum Gasteiger partial charge on any atom is 0.265 e. The molecule has 0 spiro atoms. The number of amides is 1. The lowest BCUT2D eigenvalue weighted by atomic mass is 10.2. The van der Waals surface area contributed by atoms with Gasteiger partial charge in [-0.2, -0.15) is 0 Å². The van der Waals surface area contributed by atoms with Crippen molar-refractivity contribution in [1.82, 2.24) is 0 Å². The van der Waals surface area contributed by atoms with Crippen LogP contribution in [0.2, 0.25) is 0 Å². The molecule has 6 heteroatoms. The number of halogens is 3. The van der Waals surface area contributed by atoms with E-state index in [1.165, 1.54) is 6.07 Å². The van der Waals surface area contributed by atoms with Crippen molar-refractivity contribution in [3.63, 3.8) is 0 Å². The zero-order valence-corrected chi connectivity index (χ0v) is 13.2. The number of rotatable bonds is 4. The molecule has 0 radical (unpaired) electrons. The molecule has 0 heterocycles. The maximum absolute atomic E-state index is 13.5. The molecule has 0 saturated heterocycles. The molecular weight excluding hydrogens is 391 g/mol. The van der Waals surface area contributed by atoms with Gasteiger partial charge in [0.05, 0.1) is 5.69 Å². The Labute approximate surface area is 134 Å². The lowest BCUT2D eigenvalue weighted by Gasteiger charge is -2.15. The van der Waals surface area contributed by atoms with Crippen molar-refractivity contribution >= 4 is 34.2 Å². The Balaban J connectivity index is 2.02. The molecule has 0 bridgehead atoms. The number of ether oxygens (including phenoxy) is 1. The summed E-state index contributed by atoms with van der Waals surface area (Å²) in [5.41, 5.74) is -0.0838. The Kier molecular flexibility index (Phi) is 5.11. The summed E-state index contributed by atoms with van der Waals surface area (Å²) in [6, 6.07) is 10.2. The van der Waals surface area contributed by atoms with Crippen LogP contribution in [0, 0.1) is 15.2 Å². The van der Waals surface area contributed by atoms with Gasteiger partial charge in [-0.15, -0.1) is 0 Å². The molecule has 2 aromatic carbocycles. The van der Waals surface area contributed by atoms with Crippen LogP contribution in [0.15, 0.2) is 42.5 Å². The van der Waals surface area contributed by atoms with Gasteiger partial charge in [-0.05, 0) is 59.8 Å². The number of nitrogens with one attached hydrogen (secondary N) is 1. The van der Waals surface area contributed by atoms with Gasteiger partial charge in [-0.25, -0.2) is 8.78 Å². The molecule has 0 aromatic heterocycles. The number of hydrogen-bond donors (Lipinski definition) is 1. The van der Waals surface area contributed by atoms with Crippen molar-refractivity contribution in [2.24, 2.45) is 0 Å². The third kappa shape index (κ3) is 4.38. The SMILES string of the molecule is CC(Oc1cccc(I)c1)C(=O)Nc1ccc(F)cc1F. The van der Waals surface area contributed by atoms with E-state index in [4.69, 9.17) is 4.74 Å². The second kappa shape index (κ2) is 6.84. The van der Waals surface area contributed by atoms with Crippen molar-refractivity contribution in [2.75, 3.05) is 5.32 Å².